The van der Waals surface area contributed by atoms with Gasteiger partial charge in [-0.2, -0.15) is 0 Å². The molecule has 0 spiro atoms. The van der Waals surface area contributed by atoms with Crippen molar-refractivity contribution in [2.45, 2.75) is 31.5 Å². The second-order valence-electron chi connectivity index (χ2n) is 4.15. The Kier molecular flexibility index (Phi) is 3.82. The molecule has 5 nitrogen and oxygen atoms in total. The van der Waals surface area contributed by atoms with Gasteiger partial charge in [0.1, 0.15) is 11.9 Å². The van der Waals surface area contributed by atoms with Gasteiger partial charge >= 0.3 is 5.69 Å². The summed E-state index contributed by atoms with van der Waals surface area (Å²) in [6.45, 7) is 0. The van der Waals surface area contributed by atoms with Crippen LogP contribution in [0.2, 0.25) is 0 Å². The quantitative estimate of drug-likeness (QED) is 0.686. The molecule has 18 heavy (non-hydrogen) atoms. The fourth-order valence-electron chi connectivity index (χ4n) is 1.96. The lowest BCUT2D eigenvalue weighted by atomic mass is 10.2. The molecule has 0 amide bonds. The largest absolute Gasteiger partial charge is 0.481 e. The smallest absolute Gasteiger partial charge is 0.312 e. The maximum absolute atomic E-state index is 13.4. The minimum Gasteiger partial charge on any atom is -0.481 e. The van der Waals surface area contributed by atoms with E-state index in [1.165, 1.54) is 0 Å². The van der Waals surface area contributed by atoms with Gasteiger partial charge in [-0.1, -0.05) is 0 Å². The third-order valence-corrected chi connectivity index (χ3v) is 3.50. The van der Waals surface area contributed by atoms with Crippen molar-refractivity contribution in [2.24, 2.45) is 0 Å². The zero-order valence-corrected chi connectivity index (χ0v) is 10.9. The van der Waals surface area contributed by atoms with Gasteiger partial charge in [-0.15, -0.1) is 0 Å². The fourth-order valence-corrected chi connectivity index (χ4v) is 2.29. The first-order valence-corrected chi connectivity index (χ1v) is 6.26. The Morgan fingerprint density at radius 3 is 2.78 bits per heavy atom. The van der Waals surface area contributed by atoms with Crippen LogP contribution in [0.1, 0.15) is 19.3 Å². The summed E-state index contributed by atoms with van der Waals surface area (Å²) in [6, 6.07) is 2.03. The molecule has 2 rings (SSSR count). The van der Waals surface area contributed by atoms with Crippen LogP contribution in [0.25, 0.3) is 0 Å². The second kappa shape index (κ2) is 5.19. The number of halogens is 2. The van der Waals surface area contributed by atoms with Gasteiger partial charge in [0.25, 0.3) is 0 Å². The number of aliphatic hydroxyl groups excluding tert-OH is 1. The molecule has 1 aliphatic carbocycles. The highest BCUT2D eigenvalue weighted by Gasteiger charge is 2.30. The molecule has 98 valence electrons. The maximum Gasteiger partial charge on any atom is 0.312 e. The van der Waals surface area contributed by atoms with Crippen molar-refractivity contribution < 1.29 is 19.2 Å². The molecule has 1 saturated carbocycles. The summed E-state index contributed by atoms with van der Waals surface area (Å²) in [5.74, 6) is -0.783. The minimum absolute atomic E-state index is 0.00789. The monoisotopic (exact) mass is 319 g/mol. The standard InChI is InChI=1S/C11H11BrFNO4/c12-6-4-8(14(16)17)11(5-7(6)13)18-10-3-1-2-9(10)15/h4-5,9-10,15H,1-3H2/t9-,10-/m0/s1. The Bertz CT molecular complexity index is 482. The van der Waals surface area contributed by atoms with Gasteiger partial charge in [-0.3, -0.25) is 10.1 Å². The van der Waals surface area contributed by atoms with Crippen LogP contribution in [0.4, 0.5) is 10.1 Å². The Labute approximate surface area is 111 Å². The van der Waals surface area contributed by atoms with E-state index in [4.69, 9.17) is 4.74 Å². The van der Waals surface area contributed by atoms with Crippen molar-refractivity contribution in [2.75, 3.05) is 0 Å². The average molecular weight is 320 g/mol. The number of rotatable bonds is 3. The topological polar surface area (TPSA) is 72.6 Å². The number of ether oxygens (including phenoxy) is 1. The summed E-state index contributed by atoms with van der Waals surface area (Å²) in [5, 5.41) is 20.5. The van der Waals surface area contributed by atoms with Crippen molar-refractivity contribution in [3.8, 4) is 5.75 Å². The summed E-state index contributed by atoms with van der Waals surface area (Å²) >= 11 is 2.89. The summed E-state index contributed by atoms with van der Waals surface area (Å²) in [5.41, 5.74) is -0.317. The highest BCUT2D eigenvalue weighted by molar-refractivity contribution is 9.10. The lowest BCUT2D eigenvalue weighted by molar-refractivity contribution is -0.386. The molecule has 1 aliphatic rings. The minimum atomic E-state index is -0.656. The molecule has 0 heterocycles. The molecule has 1 aromatic carbocycles. The first-order chi connectivity index (χ1) is 8.49. The van der Waals surface area contributed by atoms with Crippen LogP contribution < -0.4 is 4.74 Å². The predicted octanol–water partition coefficient (Wildman–Crippen LogP) is 2.79. The Hall–Kier alpha value is -1.21. The van der Waals surface area contributed by atoms with Crippen molar-refractivity contribution in [1.82, 2.24) is 0 Å². The number of aliphatic hydroxyl groups is 1. The van der Waals surface area contributed by atoms with Gasteiger partial charge in [-0.25, -0.2) is 4.39 Å². The van der Waals surface area contributed by atoms with Crippen molar-refractivity contribution in [3.63, 3.8) is 0 Å². The van der Waals surface area contributed by atoms with Crippen LogP contribution in [0.15, 0.2) is 16.6 Å². The molecule has 7 heteroatoms. The van der Waals surface area contributed by atoms with Crippen molar-refractivity contribution in [1.29, 1.82) is 0 Å². The normalized spacial score (nSPS) is 23.1. The van der Waals surface area contributed by atoms with E-state index in [2.05, 4.69) is 15.9 Å². The molecule has 0 bridgehead atoms. The molecule has 1 fully saturated rings. The van der Waals surface area contributed by atoms with E-state index in [0.717, 1.165) is 18.6 Å². The molecular formula is C11H11BrFNO4. The van der Waals surface area contributed by atoms with Gasteiger partial charge in [0, 0.05) is 12.1 Å². The molecule has 1 N–H and O–H groups in total. The number of nitro groups is 1. The number of benzene rings is 1. The molecule has 0 saturated heterocycles. The van der Waals surface area contributed by atoms with Crippen LogP contribution in [-0.2, 0) is 0 Å². The van der Waals surface area contributed by atoms with E-state index >= 15 is 0 Å². The molecule has 0 unspecified atom stereocenters. The molecular weight excluding hydrogens is 309 g/mol. The van der Waals surface area contributed by atoms with E-state index in [1.807, 2.05) is 0 Å². The summed E-state index contributed by atoms with van der Waals surface area (Å²) in [4.78, 5) is 10.2. The van der Waals surface area contributed by atoms with Gasteiger partial charge in [0.05, 0.1) is 15.5 Å². The van der Waals surface area contributed by atoms with Gasteiger partial charge in [-0.05, 0) is 35.2 Å². The second-order valence-corrected chi connectivity index (χ2v) is 5.00. The van der Waals surface area contributed by atoms with Crippen molar-refractivity contribution >= 4 is 21.6 Å². The number of nitro benzene ring substituents is 1. The molecule has 0 aliphatic heterocycles. The summed E-state index contributed by atoms with van der Waals surface area (Å²) < 4.78 is 18.8. The highest BCUT2D eigenvalue weighted by Crippen LogP contribution is 2.35. The zero-order chi connectivity index (χ0) is 13.3. The first-order valence-electron chi connectivity index (χ1n) is 5.47. The average Bonchev–Trinajstić information content (AvgIpc) is 2.69. The van der Waals surface area contributed by atoms with Gasteiger partial charge in [0.15, 0.2) is 5.75 Å². The third kappa shape index (κ3) is 2.62. The van der Waals surface area contributed by atoms with Gasteiger partial charge < -0.3 is 9.84 Å². The van der Waals surface area contributed by atoms with E-state index in [1.54, 1.807) is 0 Å². The van der Waals surface area contributed by atoms with Crippen LogP contribution >= 0.6 is 15.9 Å². The van der Waals surface area contributed by atoms with E-state index in [0.29, 0.717) is 12.8 Å². The van der Waals surface area contributed by atoms with Gasteiger partial charge in [0.2, 0.25) is 0 Å². The molecule has 0 radical (unpaired) electrons. The lowest BCUT2D eigenvalue weighted by Crippen LogP contribution is -2.26. The van der Waals surface area contributed by atoms with Crippen LogP contribution in [0.3, 0.4) is 0 Å². The highest BCUT2D eigenvalue weighted by atomic mass is 79.9. The predicted molar refractivity (Wildman–Crippen MR) is 65.0 cm³/mol. The van der Waals surface area contributed by atoms with Crippen LogP contribution in [0.5, 0.6) is 5.75 Å². The summed E-state index contributed by atoms with van der Waals surface area (Å²) in [7, 11) is 0. The molecule has 0 aromatic heterocycles. The Morgan fingerprint density at radius 1 is 1.50 bits per heavy atom. The van der Waals surface area contributed by atoms with E-state index < -0.39 is 22.9 Å². The van der Waals surface area contributed by atoms with E-state index in [-0.39, 0.29) is 15.9 Å². The van der Waals surface area contributed by atoms with Crippen molar-refractivity contribution in [3.05, 3.63) is 32.5 Å². The first kappa shape index (κ1) is 13.2. The molecule has 2 atom stereocenters. The maximum atomic E-state index is 13.4. The number of nitrogens with zero attached hydrogens (tertiary/aromatic N) is 1. The number of hydrogen-bond donors (Lipinski definition) is 1. The number of hydrogen-bond acceptors (Lipinski definition) is 4. The molecule has 1 aromatic rings. The van der Waals surface area contributed by atoms with Crippen LogP contribution in [0, 0.1) is 15.9 Å². The zero-order valence-electron chi connectivity index (χ0n) is 9.31. The SMILES string of the molecule is O=[N+]([O-])c1cc(Br)c(F)cc1O[C@H]1CCC[C@@H]1O. The fraction of sp³-hybridized carbons (Fsp3) is 0.455. The Morgan fingerprint density at radius 2 is 2.22 bits per heavy atom. The van der Waals surface area contributed by atoms with Crippen LogP contribution in [-0.4, -0.2) is 22.2 Å². The van der Waals surface area contributed by atoms with E-state index in [9.17, 15) is 19.6 Å². The summed E-state index contributed by atoms with van der Waals surface area (Å²) in [6.07, 6.45) is 0.826. The lowest BCUT2D eigenvalue weighted by Gasteiger charge is -2.17. The third-order valence-electron chi connectivity index (χ3n) is 2.89. The Balaban J connectivity index is 2.30.